The maximum absolute atomic E-state index is 5.87. The summed E-state index contributed by atoms with van der Waals surface area (Å²) < 4.78 is 1.83. The minimum absolute atomic E-state index is 0.716. The summed E-state index contributed by atoms with van der Waals surface area (Å²) in [5.41, 5.74) is 9.94. The quantitative estimate of drug-likeness (QED) is 0.745. The fraction of sp³-hybridized carbons (Fsp3) is 0.188. The average Bonchev–Trinajstić information content (AvgIpc) is 2.97. The lowest BCUT2D eigenvalue weighted by molar-refractivity contribution is 0.593. The molecule has 1 heterocycles. The van der Waals surface area contributed by atoms with Crippen LogP contribution in [0.4, 0.5) is 5.69 Å². The monoisotopic (exact) mass is 279 g/mol. The van der Waals surface area contributed by atoms with Gasteiger partial charge in [-0.1, -0.05) is 36.4 Å². The summed E-state index contributed by atoms with van der Waals surface area (Å²) in [6.45, 7) is 2.77. The summed E-state index contributed by atoms with van der Waals surface area (Å²) in [5.74, 6) is 0.760. The van der Waals surface area contributed by atoms with Gasteiger partial charge in [0, 0.05) is 17.8 Å². The van der Waals surface area contributed by atoms with Crippen LogP contribution in [0.2, 0.25) is 0 Å². The number of nitrogen functional groups attached to an aromatic ring is 1. The highest BCUT2D eigenvalue weighted by Gasteiger charge is 2.11. The second-order valence-corrected chi connectivity index (χ2v) is 5.04. The lowest BCUT2D eigenvalue weighted by Crippen LogP contribution is -2.06. The van der Waals surface area contributed by atoms with Gasteiger partial charge in [0.15, 0.2) is 5.82 Å². The first kappa shape index (κ1) is 13.3. The number of benzene rings is 2. The Kier molecular flexibility index (Phi) is 3.64. The molecule has 21 heavy (non-hydrogen) atoms. The van der Waals surface area contributed by atoms with Crippen LogP contribution < -0.4 is 5.73 Å². The molecular formula is C16H17N5. The van der Waals surface area contributed by atoms with Gasteiger partial charge in [-0.2, -0.15) is 0 Å². The van der Waals surface area contributed by atoms with E-state index in [0.717, 1.165) is 29.9 Å². The molecule has 0 bridgehead atoms. The first-order valence-corrected chi connectivity index (χ1v) is 6.90. The number of hydrogen-bond donors (Lipinski definition) is 1. The molecule has 1 aromatic heterocycles. The van der Waals surface area contributed by atoms with Crippen molar-refractivity contribution in [1.29, 1.82) is 0 Å². The van der Waals surface area contributed by atoms with Gasteiger partial charge in [-0.3, -0.25) is 0 Å². The van der Waals surface area contributed by atoms with Gasteiger partial charge in [-0.05, 0) is 47.0 Å². The molecule has 2 aromatic carbocycles. The van der Waals surface area contributed by atoms with E-state index in [0.29, 0.717) is 5.69 Å². The van der Waals surface area contributed by atoms with E-state index in [1.54, 1.807) is 0 Å². The predicted molar refractivity (Wildman–Crippen MR) is 82.5 cm³/mol. The van der Waals surface area contributed by atoms with E-state index in [1.807, 2.05) is 48.0 Å². The second-order valence-electron chi connectivity index (χ2n) is 5.04. The fourth-order valence-electron chi connectivity index (χ4n) is 2.31. The normalized spacial score (nSPS) is 10.7. The molecule has 0 amide bonds. The van der Waals surface area contributed by atoms with Gasteiger partial charge in [-0.15, -0.1) is 5.10 Å². The van der Waals surface area contributed by atoms with Gasteiger partial charge in [0.25, 0.3) is 0 Å². The lowest BCUT2D eigenvalue weighted by atomic mass is 10.1. The number of aryl methyl sites for hydroxylation is 3. The van der Waals surface area contributed by atoms with Gasteiger partial charge < -0.3 is 5.73 Å². The third-order valence-electron chi connectivity index (χ3n) is 3.49. The summed E-state index contributed by atoms with van der Waals surface area (Å²) in [4.78, 5) is 0. The molecule has 2 N–H and O–H groups in total. The average molecular weight is 279 g/mol. The smallest absolute Gasteiger partial charge is 0.182 e. The Labute approximate surface area is 123 Å². The van der Waals surface area contributed by atoms with E-state index in [1.165, 1.54) is 5.56 Å². The number of hydrogen-bond acceptors (Lipinski definition) is 4. The minimum Gasteiger partial charge on any atom is -0.399 e. The Hall–Kier alpha value is -2.69. The van der Waals surface area contributed by atoms with Crippen molar-refractivity contribution in [3.05, 3.63) is 59.7 Å². The molecule has 5 heteroatoms. The van der Waals surface area contributed by atoms with E-state index in [2.05, 4.69) is 27.7 Å². The van der Waals surface area contributed by atoms with Gasteiger partial charge in [0.2, 0.25) is 0 Å². The van der Waals surface area contributed by atoms with E-state index < -0.39 is 0 Å². The molecular weight excluding hydrogens is 262 g/mol. The molecule has 0 saturated heterocycles. The number of nitrogens with zero attached hydrogens (tertiary/aromatic N) is 4. The Bertz CT molecular complexity index is 733. The number of nitrogens with two attached hydrogens (primary N) is 1. The summed E-state index contributed by atoms with van der Waals surface area (Å²) in [7, 11) is 0. The molecule has 0 radical (unpaired) electrons. The van der Waals surface area contributed by atoms with Crippen molar-refractivity contribution in [3.63, 3.8) is 0 Å². The molecule has 0 spiro atoms. The van der Waals surface area contributed by atoms with Crippen LogP contribution in [0.25, 0.3) is 11.4 Å². The van der Waals surface area contributed by atoms with Crippen LogP contribution in [0.5, 0.6) is 0 Å². The number of rotatable bonds is 4. The molecule has 0 aliphatic carbocycles. The zero-order valence-corrected chi connectivity index (χ0v) is 11.9. The first-order valence-electron chi connectivity index (χ1n) is 6.90. The third-order valence-corrected chi connectivity index (χ3v) is 3.49. The molecule has 0 unspecified atom stereocenters. The predicted octanol–water partition coefficient (Wildman–Crippen LogP) is 2.47. The van der Waals surface area contributed by atoms with Crippen molar-refractivity contribution in [2.75, 3.05) is 5.73 Å². The van der Waals surface area contributed by atoms with Gasteiger partial charge >= 0.3 is 0 Å². The van der Waals surface area contributed by atoms with Gasteiger partial charge in [-0.25, -0.2) is 4.68 Å². The fourth-order valence-corrected chi connectivity index (χ4v) is 2.31. The summed E-state index contributed by atoms with van der Waals surface area (Å²) in [5, 5.41) is 12.0. The van der Waals surface area contributed by atoms with Crippen LogP contribution in [0.3, 0.4) is 0 Å². The lowest BCUT2D eigenvalue weighted by Gasteiger charge is -2.08. The third kappa shape index (κ3) is 2.91. The van der Waals surface area contributed by atoms with Crippen molar-refractivity contribution in [2.24, 2.45) is 0 Å². The van der Waals surface area contributed by atoms with Gasteiger partial charge in [0.05, 0.1) is 0 Å². The van der Waals surface area contributed by atoms with Crippen LogP contribution in [0.1, 0.15) is 11.1 Å². The Balaban J connectivity index is 1.86. The van der Waals surface area contributed by atoms with Crippen LogP contribution >= 0.6 is 0 Å². The van der Waals surface area contributed by atoms with Crippen molar-refractivity contribution >= 4 is 5.69 Å². The second kappa shape index (κ2) is 5.75. The SMILES string of the molecule is Cc1ccc(N)cc1-c1nnnn1CCc1ccccc1. The Morgan fingerprint density at radius 2 is 1.90 bits per heavy atom. The summed E-state index contributed by atoms with van der Waals surface area (Å²) >= 11 is 0. The summed E-state index contributed by atoms with van der Waals surface area (Å²) in [6, 6.07) is 16.1. The molecule has 0 saturated carbocycles. The highest BCUT2D eigenvalue weighted by molar-refractivity contribution is 5.65. The zero-order chi connectivity index (χ0) is 14.7. The Morgan fingerprint density at radius 3 is 2.71 bits per heavy atom. The first-order chi connectivity index (χ1) is 10.2. The zero-order valence-electron chi connectivity index (χ0n) is 11.9. The maximum atomic E-state index is 5.87. The van der Waals surface area contributed by atoms with Crippen molar-refractivity contribution in [1.82, 2.24) is 20.2 Å². The van der Waals surface area contributed by atoms with E-state index >= 15 is 0 Å². The van der Waals surface area contributed by atoms with E-state index in [9.17, 15) is 0 Å². The molecule has 0 fully saturated rings. The minimum atomic E-state index is 0.716. The van der Waals surface area contributed by atoms with Crippen LogP contribution in [0.15, 0.2) is 48.5 Å². The number of aromatic nitrogens is 4. The molecule has 3 rings (SSSR count). The molecule has 3 aromatic rings. The van der Waals surface area contributed by atoms with Crippen molar-refractivity contribution < 1.29 is 0 Å². The highest BCUT2D eigenvalue weighted by atomic mass is 15.5. The molecule has 0 aliphatic heterocycles. The van der Waals surface area contributed by atoms with Crippen molar-refractivity contribution in [3.8, 4) is 11.4 Å². The largest absolute Gasteiger partial charge is 0.399 e. The molecule has 0 aliphatic rings. The topological polar surface area (TPSA) is 69.6 Å². The summed E-state index contributed by atoms with van der Waals surface area (Å²) in [6.07, 6.45) is 0.889. The standard InChI is InChI=1S/C16H17N5/c1-12-7-8-14(17)11-15(12)16-18-19-20-21(16)10-9-13-5-3-2-4-6-13/h2-8,11H,9-10,17H2,1H3. The number of anilines is 1. The highest BCUT2D eigenvalue weighted by Crippen LogP contribution is 2.23. The molecule has 0 atom stereocenters. The van der Waals surface area contributed by atoms with Crippen LogP contribution in [0, 0.1) is 6.92 Å². The van der Waals surface area contributed by atoms with E-state index in [4.69, 9.17) is 5.73 Å². The van der Waals surface area contributed by atoms with Crippen LogP contribution in [-0.4, -0.2) is 20.2 Å². The Morgan fingerprint density at radius 1 is 1.10 bits per heavy atom. The van der Waals surface area contributed by atoms with Crippen molar-refractivity contribution in [2.45, 2.75) is 19.9 Å². The van der Waals surface area contributed by atoms with E-state index in [-0.39, 0.29) is 0 Å². The molecule has 106 valence electrons. The maximum Gasteiger partial charge on any atom is 0.182 e. The van der Waals surface area contributed by atoms with Crippen LogP contribution in [-0.2, 0) is 13.0 Å². The number of tetrazole rings is 1. The molecule has 5 nitrogen and oxygen atoms in total. The van der Waals surface area contributed by atoms with Gasteiger partial charge in [0.1, 0.15) is 0 Å².